The minimum atomic E-state index is -0.636. The van der Waals surface area contributed by atoms with E-state index in [2.05, 4.69) is 15.5 Å². The largest absolute Gasteiger partial charge is 0.481 e. The van der Waals surface area contributed by atoms with Gasteiger partial charge in [0.25, 0.3) is 11.8 Å². The summed E-state index contributed by atoms with van der Waals surface area (Å²) < 4.78 is 5.62. The number of nitrogens with one attached hydrogen (secondary N) is 1. The van der Waals surface area contributed by atoms with Crippen LogP contribution in [0.15, 0.2) is 46.1 Å². The average Bonchev–Trinajstić information content (AvgIpc) is 2.54. The van der Waals surface area contributed by atoms with Crippen LogP contribution in [-0.4, -0.2) is 30.0 Å². The lowest BCUT2D eigenvalue weighted by Gasteiger charge is -2.30. The van der Waals surface area contributed by atoms with E-state index in [1.54, 1.807) is 31.2 Å². The molecule has 2 aliphatic rings. The van der Waals surface area contributed by atoms with Crippen molar-refractivity contribution in [3.05, 3.63) is 40.9 Å². The molecule has 1 aromatic rings. The van der Waals surface area contributed by atoms with Gasteiger partial charge in [-0.15, -0.1) is 5.11 Å². The molecule has 24 heavy (non-hydrogen) atoms. The Morgan fingerprint density at radius 1 is 1.42 bits per heavy atom. The number of nitrogens with zero attached hydrogens (tertiary/aromatic N) is 2. The molecule has 3 atom stereocenters. The fourth-order valence-electron chi connectivity index (χ4n) is 2.91. The van der Waals surface area contributed by atoms with E-state index in [1.807, 2.05) is 0 Å². The summed E-state index contributed by atoms with van der Waals surface area (Å²) in [7, 11) is 0. The lowest BCUT2D eigenvalue weighted by Crippen LogP contribution is -2.45. The summed E-state index contributed by atoms with van der Waals surface area (Å²) in [5.41, 5.74) is 0.940. The predicted octanol–water partition coefficient (Wildman–Crippen LogP) is 3.06. The van der Waals surface area contributed by atoms with E-state index in [0.717, 1.165) is 18.4 Å². The van der Waals surface area contributed by atoms with Gasteiger partial charge >= 0.3 is 0 Å². The average molecular weight is 348 g/mol. The van der Waals surface area contributed by atoms with Crippen molar-refractivity contribution >= 4 is 23.4 Å². The normalized spacial score (nSPS) is 23.9. The van der Waals surface area contributed by atoms with Crippen molar-refractivity contribution in [1.29, 1.82) is 0 Å². The van der Waals surface area contributed by atoms with Crippen LogP contribution in [0.3, 0.4) is 0 Å². The molecule has 126 valence electrons. The Bertz CT molecular complexity index is 717. The molecular weight excluding hydrogens is 330 g/mol. The van der Waals surface area contributed by atoms with Gasteiger partial charge in [0.2, 0.25) is 0 Å². The second-order valence-electron chi connectivity index (χ2n) is 5.99. The highest BCUT2D eigenvalue weighted by Gasteiger charge is 2.30. The summed E-state index contributed by atoms with van der Waals surface area (Å²) in [6.07, 6.45) is 3.08. The molecule has 0 radical (unpaired) electrons. The number of hydrogen-bond donors (Lipinski definition) is 1. The van der Waals surface area contributed by atoms with E-state index in [9.17, 15) is 9.59 Å². The molecule has 6 nitrogen and oxygen atoms in total. The number of carbonyl (C=O) groups excluding carboxylic acids is 2. The summed E-state index contributed by atoms with van der Waals surface area (Å²) in [5.74, 6) is 0.0310. The Balaban J connectivity index is 1.56. The molecule has 0 aromatic heterocycles. The van der Waals surface area contributed by atoms with Crippen LogP contribution in [0.1, 0.15) is 26.2 Å². The number of rotatable bonds is 4. The molecule has 0 bridgehead atoms. The minimum Gasteiger partial charge on any atom is -0.481 e. The SMILES string of the molecule is CC(Oc1cccc(Cl)c1)C(=O)NC1CCC2N=NC(=O)C=C2C1. The van der Waals surface area contributed by atoms with Crippen LogP contribution in [0, 0.1) is 0 Å². The van der Waals surface area contributed by atoms with Gasteiger partial charge in [-0.25, -0.2) is 0 Å². The Labute approximate surface area is 144 Å². The van der Waals surface area contributed by atoms with Gasteiger partial charge in [-0.1, -0.05) is 17.7 Å². The number of ether oxygens (including phenoxy) is 1. The Hall–Kier alpha value is -2.21. The van der Waals surface area contributed by atoms with Gasteiger partial charge in [0.15, 0.2) is 6.10 Å². The fraction of sp³-hybridized carbons (Fsp3) is 0.412. The Morgan fingerprint density at radius 3 is 3.04 bits per heavy atom. The third-order valence-corrected chi connectivity index (χ3v) is 4.36. The van der Waals surface area contributed by atoms with Crippen LogP contribution in [0.5, 0.6) is 5.75 Å². The summed E-state index contributed by atoms with van der Waals surface area (Å²) in [6.45, 7) is 1.69. The highest BCUT2D eigenvalue weighted by atomic mass is 35.5. The van der Waals surface area contributed by atoms with Crippen LogP contribution in [-0.2, 0) is 9.59 Å². The second kappa shape index (κ2) is 7.13. The number of hydrogen-bond acceptors (Lipinski definition) is 4. The quantitative estimate of drug-likeness (QED) is 0.908. The molecular formula is C17H18ClN3O3. The lowest BCUT2D eigenvalue weighted by atomic mass is 9.86. The van der Waals surface area contributed by atoms with Gasteiger partial charge in [0.1, 0.15) is 5.75 Å². The maximum absolute atomic E-state index is 12.3. The van der Waals surface area contributed by atoms with Crippen molar-refractivity contribution in [3.8, 4) is 5.75 Å². The zero-order chi connectivity index (χ0) is 17.1. The maximum Gasteiger partial charge on any atom is 0.287 e. The molecule has 3 rings (SSSR count). The first-order valence-electron chi connectivity index (χ1n) is 7.89. The molecule has 1 fully saturated rings. The first-order chi connectivity index (χ1) is 11.5. The van der Waals surface area contributed by atoms with Gasteiger partial charge in [0, 0.05) is 17.1 Å². The molecule has 3 unspecified atom stereocenters. The number of fused-ring (bicyclic) bond motifs is 1. The summed E-state index contributed by atoms with van der Waals surface area (Å²) >= 11 is 5.91. The zero-order valence-electron chi connectivity index (χ0n) is 13.2. The first kappa shape index (κ1) is 16.6. The van der Waals surface area contributed by atoms with Crippen LogP contribution >= 0.6 is 11.6 Å². The fourth-order valence-corrected chi connectivity index (χ4v) is 3.09. The zero-order valence-corrected chi connectivity index (χ0v) is 14.0. The van der Waals surface area contributed by atoms with Crippen molar-refractivity contribution in [1.82, 2.24) is 5.32 Å². The molecule has 7 heteroatoms. The molecule has 1 saturated carbocycles. The molecule has 1 aliphatic heterocycles. The van der Waals surface area contributed by atoms with Crippen molar-refractivity contribution < 1.29 is 14.3 Å². The molecule has 1 aromatic carbocycles. The lowest BCUT2D eigenvalue weighted by molar-refractivity contribution is -0.128. The molecule has 2 amide bonds. The van der Waals surface area contributed by atoms with Crippen LogP contribution in [0.4, 0.5) is 0 Å². The van der Waals surface area contributed by atoms with E-state index in [0.29, 0.717) is 17.2 Å². The van der Waals surface area contributed by atoms with E-state index in [1.165, 1.54) is 6.08 Å². The summed E-state index contributed by atoms with van der Waals surface area (Å²) in [4.78, 5) is 23.7. The molecule has 0 saturated heterocycles. The first-order valence-corrected chi connectivity index (χ1v) is 8.27. The van der Waals surface area contributed by atoms with Crippen molar-refractivity contribution in [2.45, 2.75) is 44.4 Å². The molecule has 1 heterocycles. The van der Waals surface area contributed by atoms with Gasteiger partial charge in [-0.05, 0) is 50.0 Å². The summed E-state index contributed by atoms with van der Waals surface area (Å²) in [5, 5.41) is 11.1. The topological polar surface area (TPSA) is 80.1 Å². The minimum absolute atomic E-state index is 0.0176. The number of carbonyl (C=O) groups is 2. The Kier molecular flexibility index (Phi) is 4.94. The number of halogens is 1. The standard InChI is InChI=1S/C17H18ClN3O3/c1-10(24-14-4-2-3-12(18)9-14)17(23)19-13-5-6-15-11(7-13)8-16(22)21-20-15/h2-4,8-10,13,15H,5-7H2,1H3,(H,19,23). The molecule has 1 aliphatic carbocycles. The third kappa shape index (κ3) is 4.00. The van der Waals surface area contributed by atoms with Crippen LogP contribution < -0.4 is 10.1 Å². The van der Waals surface area contributed by atoms with Crippen molar-refractivity contribution in [2.75, 3.05) is 0 Å². The molecule has 1 N–H and O–H groups in total. The number of benzene rings is 1. The van der Waals surface area contributed by atoms with Crippen molar-refractivity contribution in [3.63, 3.8) is 0 Å². The van der Waals surface area contributed by atoms with E-state index >= 15 is 0 Å². The third-order valence-electron chi connectivity index (χ3n) is 4.13. The van der Waals surface area contributed by atoms with Gasteiger partial charge in [-0.2, -0.15) is 5.11 Å². The monoisotopic (exact) mass is 347 g/mol. The number of azo groups is 1. The van der Waals surface area contributed by atoms with E-state index in [-0.39, 0.29) is 23.9 Å². The van der Waals surface area contributed by atoms with Gasteiger partial charge < -0.3 is 10.1 Å². The molecule has 0 spiro atoms. The Morgan fingerprint density at radius 2 is 2.25 bits per heavy atom. The highest BCUT2D eigenvalue weighted by Crippen LogP contribution is 2.29. The predicted molar refractivity (Wildman–Crippen MR) is 89.1 cm³/mol. The van der Waals surface area contributed by atoms with Crippen LogP contribution in [0.25, 0.3) is 0 Å². The maximum atomic E-state index is 12.3. The van der Waals surface area contributed by atoms with Crippen molar-refractivity contribution in [2.24, 2.45) is 10.2 Å². The van der Waals surface area contributed by atoms with Gasteiger partial charge in [-0.3, -0.25) is 9.59 Å². The van der Waals surface area contributed by atoms with Gasteiger partial charge in [0.05, 0.1) is 6.04 Å². The highest BCUT2D eigenvalue weighted by molar-refractivity contribution is 6.30. The number of amides is 2. The second-order valence-corrected chi connectivity index (χ2v) is 6.43. The van der Waals surface area contributed by atoms with E-state index < -0.39 is 6.10 Å². The summed E-state index contributed by atoms with van der Waals surface area (Å²) in [6, 6.07) is 6.89. The van der Waals surface area contributed by atoms with E-state index in [4.69, 9.17) is 16.3 Å². The van der Waals surface area contributed by atoms with Crippen LogP contribution in [0.2, 0.25) is 5.02 Å². The smallest absolute Gasteiger partial charge is 0.287 e.